The highest BCUT2D eigenvalue weighted by molar-refractivity contribution is 5.91. The molecule has 24 heavy (non-hydrogen) atoms. The van der Waals surface area contributed by atoms with Crippen molar-refractivity contribution in [2.45, 2.75) is 79.1 Å². The van der Waals surface area contributed by atoms with E-state index in [2.05, 4.69) is 27.7 Å². The van der Waals surface area contributed by atoms with Gasteiger partial charge in [0.05, 0.1) is 13.2 Å². The highest BCUT2D eigenvalue weighted by Gasteiger charge is 2.06. The Morgan fingerprint density at radius 2 is 1.12 bits per heavy atom. The third-order valence-electron chi connectivity index (χ3n) is 4.17. The molecule has 0 heterocycles. The lowest BCUT2D eigenvalue weighted by Crippen LogP contribution is -2.09. The zero-order valence-corrected chi connectivity index (χ0v) is 16.0. The SMILES string of the molecule is CCCCC(C)CCOC(=O)C=CC(=O)OCCC(C)CCCC. The van der Waals surface area contributed by atoms with E-state index in [0.717, 1.165) is 37.8 Å². The van der Waals surface area contributed by atoms with Gasteiger partial charge in [-0.2, -0.15) is 0 Å². The van der Waals surface area contributed by atoms with Gasteiger partial charge in [-0.1, -0.05) is 66.2 Å². The van der Waals surface area contributed by atoms with Crippen molar-refractivity contribution in [1.82, 2.24) is 0 Å². The molecule has 0 aliphatic rings. The molecule has 4 heteroatoms. The number of carbonyl (C=O) groups is 2. The van der Waals surface area contributed by atoms with Gasteiger partial charge in [0.2, 0.25) is 0 Å². The van der Waals surface area contributed by atoms with Crippen LogP contribution >= 0.6 is 0 Å². The summed E-state index contributed by atoms with van der Waals surface area (Å²) in [6, 6.07) is 0. The predicted molar refractivity (Wildman–Crippen MR) is 97.7 cm³/mol. The third-order valence-corrected chi connectivity index (χ3v) is 4.17. The highest BCUT2D eigenvalue weighted by Crippen LogP contribution is 2.12. The van der Waals surface area contributed by atoms with Crippen LogP contribution in [0, 0.1) is 11.8 Å². The van der Waals surface area contributed by atoms with Gasteiger partial charge in [-0.15, -0.1) is 0 Å². The van der Waals surface area contributed by atoms with E-state index in [9.17, 15) is 9.59 Å². The summed E-state index contributed by atoms with van der Waals surface area (Å²) in [7, 11) is 0. The zero-order valence-electron chi connectivity index (χ0n) is 16.0. The molecule has 0 radical (unpaired) electrons. The molecule has 0 aliphatic carbocycles. The number of carbonyl (C=O) groups excluding carboxylic acids is 2. The molecule has 0 aliphatic heterocycles. The average molecular weight is 341 g/mol. The molecule has 0 aromatic rings. The first-order valence-electron chi connectivity index (χ1n) is 9.51. The Balaban J connectivity index is 3.75. The van der Waals surface area contributed by atoms with Crippen LogP contribution in [-0.4, -0.2) is 25.2 Å². The van der Waals surface area contributed by atoms with Crippen molar-refractivity contribution < 1.29 is 19.1 Å². The van der Waals surface area contributed by atoms with E-state index >= 15 is 0 Å². The summed E-state index contributed by atoms with van der Waals surface area (Å²) >= 11 is 0. The van der Waals surface area contributed by atoms with Gasteiger partial charge in [0.1, 0.15) is 0 Å². The topological polar surface area (TPSA) is 52.6 Å². The van der Waals surface area contributed by atoms with Crippen molar-refractivity contribution in [3.63, 3.8) is 0 Å². The van der Waals surface area contributed by atoms with Crippen LogP contribution in [-0.2, 0) is 19.1 Å². The van der Waals surface area contributed by atoms with Crippen molar-refractivity contribution in [2.75, 3.05) is 13.2 Å². The van der Waals surface area contributed by atoms with Gasteiger partial charge in [0.25, 0.3) is 0 Å². The van der Waals surface area contributed by atoms with Crippen LogP contribution in [0.2, 0.25) is 0 Å². The summed E-state index contributed by atoms with van der Waals surface area (Å²) in [6.45, 7) is 9.47. The monoisotopic (exact) mass is 340 g/mol. The zero-order chi connectivity index (χ0) is 18.2. The molecule has 2 unspecified atom stereocenters. The number of unbranched alkanes of at least 4 members (excludes halogenated alkanes) is 2. The second-order valence-electron chi connectivity index (χ2n) is 6.74. The van der Waals surface area contributed by atoms with Crippen molar-refractivity contribution in [2.24, 2.45) is 11.8 Å². The molecule has 140 valence electrons. The molecule has 0 fully saturated rings. The minimum absolute atomic E-state index is 0.401. The second kappa shape index (κ2) is 15.2. The Hall–Kier alpha value is -1.32. The quantitative estimate of drug-likeness (QED) is 0.327. The van der Waals surface area contributed by atoms with Gasteiger partial charge in [-0.05, 0) is 24.7 Å². The lowest BCUT2D eigenvalue weighted by Gasteiger charge is -2.10. The second-order valence-corrected chi connectivity index (χ2v) is 6.74. The maximum Gasteiger partial charge on any atom is 0.331 e. The van der Waals surface area contributed by atoms with Crippen molar-refractivity contribution in [1.29, 1.82) is 0 Å². The van der Waals surface area contributed by atoms with Crippen LogP contribution in [0.5, 0.6) is 0 Å². The maximum absolute atomic E-state index is 11.5. The molecule has 0 aromatic carbocycles. The number of hydrogen-bond donors (Lipinski definition) is 0. The first kappa shape index (κ1) is 22.7. The molecule has 0 saturated heterocycles. The average Bonchev–Trinajstić information content (AvgIpc) is 2.56. The van der Waals surface area contributed by atoms with Gasteiger partial charge in [-0.3, -0.25) is 0 Å². The third kappa shape index (κ3) is 14.3. The standard InChI is InChI=1S/C20H36O4/c1-5-7-9-17(3)13-15-23-19(21)11-12-20(22)24-16-14-18(4)10-8-6-2/h11-12,17-18H,5-10,13-16H2,1-4H3. The van der Waals surface area contributed by atoms with Gasteiger partial charge in [-0.25, -0.2) is 9.59 Å². The summed E-state index contributed by atoms with van der Waals surface area (Å²) in [6.07, 6.45) is 11.1. The molecule has 0 rings (SSSR count). The Kier molecular flexibility index (Phi) is 14.4. The Labute approximate surface area is 148 Å². The van der Waals surface area contributed by atoms with Gasteiger partial charge in [0.15, 0.2) is 0 Å². The summed E-state index contributed by atoms with van der Waals surface area (Å²) in [5.74, 6) is 0.152. The number of ether oxygens (including phenoxy) is 2. The van der Waals surface area contributed by atoms with E-state index in [4.69, 9.17) is 9.47 Å². The van der Waals surface area contributed by atoms with E-state index in [0.29, 0.717) is 25.0 Å². The van der Waals surface area contributed by atoms with Crippen molar-refractivity contribution in [3.8, 4) is 0 Å². The maximum atomic E-state index is 11.5. The van der Waals surface area contributed by atoms with E-state index in [1.165, 1.54) is 25.7 Å². The minimum atomic E-state index is -0.481. The number of rotatable bonds is 14. The number of hydrogen-bond acceptors (Lipinski definition) is 4. The first-order valence-corrected chi connectivity index (χ1v) is 9.51. The van der Waals surface area contributed by atoms with Crippen LogP contribution in [0.1, 0.15) is 79.1 Å². The van der Waals surface area contributed by atoms with E-state index in [1.54, 1.807) is 0 Å². The van der Waals surface area contributed by atoms with E-state index in [1.807, 2.05) is 0 Å². The fourth-order valence-electron chi connectivity index (χ4n) is 2.35. The molecular formula is C20H36O4. The Morgan fingerprint density at radius 3 is 1.46 bits per heavy atom. The molecule has 0 aromatic heterocycles. The van der Waals surface area contributed by atoms with Gasteiger partial charge >= 0.3 is 11.9 Å². The summed E-state index contributed by atoms with van der Waals surface area (Å²) in [4.78, 5) is 23.1. The smallest absolute Gasteiger partial charge is 0.331 e. The van der Waals surface area contributed by atoms with Crippen LogP contribution < -0.4 is 0 Å². The normalized spacial score (nSPS) is 13.7. The lowest BCUT2D eigenvalue weighted by molar-refractivity contribution is -0.140. The molecule has 0 spiro atoms. The Morgan fingerprint density at radius 1 is 0.750 bits per heavy atom. The van der Waals surface area contributed by atoms with Crippen molar-refractivity contribution in [3.05, 3.63) is 12.2 Å². The summed E-state index contributed by atoms with van der Waals surface area (Å²) in [5, 5.41) is 0. The first-order chi connectivity index (χ1) is 11.5. The Bertz CT molecular complexity index is 329. The highest BCUT2D eigenvalue weighted by atomic mass is 16.5. The molecule has 0 bridgehead atoms. The molecule has 0 N–H and O–H groups in total. The molecule has 0 amide bonds. The van der Waals surface area contributed by atoms with Crippen molar-refractivity contribution >= 4 is 11.9 Å². The summed E-state index contributed by atoms with van der Waals surface area (Å²) < 4.78 is 10.2. The lowest BCUT2D eigenvalue weighted by atomic mass is 10.0. The number of esters is 2. The van der Waals surface area contributed by atoms with E-state index < -0.39 is 11.9 Å². The predicted octanol–water partition coefficient (Wildman–Crippen LogP) is 5.06. The van der Waals surface area contributed by atoms with Crippen LogP contribution in [0.15, 0.2) is 12.2 Å². The molecule has 4 nitrogen and oxygen atoms in total. The molecular weight excluding hydrogens is 304 g/mol. The summed E-state index contributed by atoms with van der Waals surface area (Å²) in [5.41, 5.74) is 0. The largest absolute Gasteiger partial charge is 0.463 e. The van der Waals surface area contributed by atoms with Gasteiger partial charge in [0, 0.05) is 12.2 Å². The van der Waals surface area contributed by atoms with Crippen LogP contribution in [0.3, 0.4) is 0 Å². The molecule has 2 atom stereocenters. The fourth-order valence-corrected chi connectivity index (χ4v) is 2.35. The fraction of sp³-hybridized carbons (Fsp3) is 0.800. The molecule has 0 saturated carbocycles. The van der Waals surface area contributed by atoms with Gasteiger partial charge < -0.3 is 9.47 Å². The van der Waals surface area contributed by atoms with Crippen LogP contribution in [0.25, 0.3) is 0 Å². The minimum Gasteiger partial charge on any atom is -0.463 e. The van der Waals surface area contributed by atoms with Crippen LogP contribution in [0.4, 0.5) is 0 Å². The van der Waals surface area contributed by atoms with E-state index in [-0.39, 0.29) is 0 Å².